The maximum atomic E-state index is 13.4. The lowest BCUT2D eigenvalue weighted by Crippen LogP contribution is -2.35. The Morgan fingerprint density at radius 2 is 1.97 bits per heavy atom. The SMILES string of the molecule is COC(=O)c1c(OCc2ccccn2)cc(=O)n2c1CCN(C(=O)c1n[nH]c3c1CCCC3)CC2. The highest BCUT2D eigenvalue weighted by Gasteiger charge is 2.30. The molecule has 10 heteroatoms. The van der Waals surface area contributed by atoms with E-state index in [0.717, 1.165) is 36.9 Å². The number of H-pyrrole nitrogens is 1. The van der Waals surface area contributed by atoms with Crippen molar-refractivity contribution < 1.29 is 19.1 Å². The highest BCUT2D eigenvalue weighted by molar-refractivity contribution is 5.95. The number of rotatable bonds is 5. The van der Waals surface area contributed by atoms with Crippen molar-refractivity contribution in [3.05, 3.63) is 74.7 Å². The minimum absolute atomic E-state index is 0.0998. The molecule has 1 amide bonds. The van der Waals surface area contributed by atoms with E-state index in [2.05, 4.69) is 15.2 Å². The number of aryl methyl sites for hydroxylation is 1. The second-order valence-electron chi connectivity index (χ2n) is 8.70. The molecule has 0 atom stereocenters. The lowest BCUT2D eigenvalue weighted by molar-refractivity contribution is 0.0592. The zero-order valence-electron chi connectivity index (χ0n) is 19.6. The Morgan fingerprint density at radius 1 is 1.11 bits per heavy atom. The number of hydrogen-bond acceptors (Lipinski definition) is 7. The van der Waals surface area contributed by atoms with Crippen LogP contribution in [0.4, 0.5) is 0 Å². The first-order chi connectivity index (χ1) is 17.1. The molecule has 1 aliphatic heterocycles. The van der Waals surface area contributed by atoms with Gasteiger partial charge in [-0.2, -0.15) is 5.10 Å². The Kier molecular flexibility index (Phi) is 6.35. The fourth-order valence-electron chi connectivity index (χ4n) is 4.83. The minimum atomic E-state index is -0.592. The number of methoxy groups -OCH3 is 1. The van der Waals surface area contributed by atoms with E-state index < -0.39 is 5.97 Å². The number of esters is 1. The quantitative estimate of drug-likeness (QED) is 0.558. The summed E-state index contributed by atoms with van der Waals surface area (Å²) in [5.41, 5.74) is 3.57. The van der Waals surface area contributed by atoms with Crippen molar-refractivity contribution in [1.82, 2.24) is 24.6 Å². The molecule has 0 radical (unpaired) electrons. The summed E-state index contributed by atoms with van der Waals surface area (Å²) >= 11 is 0. The summed E-state index contributed by atoms with van der Waals surface area (Å²) in [4.78, 5) is 45.1. The van der Waals surface area contributed by atoms with Gasteiger partial charge in [-0.1, -0.05) is 6.07 Å². The minimum Gasteiger partial charge on any atom is -0.486 e. The first kappa shape index (κ1) is 22.8. The van der Waals surface area contributed by atoms with Gasteiger partial charge in [0.15, 0.2) is 5.69 Å². The molecule has 3 aromatic heterocycles. The standard InChI is InChI=1S/C25H27N5O5/c1-34-25(33)22-19-9-11-29(24(32)23-17-7-2-3-8-18(17)27-28-23)12-13-30(19)21(31)14-20(22)35-15-16-6-4-5-10-26-16/h4-6,10,14H,2-3,7-9,11-13,15H2,1H3,(H,27,28). The Bertz CT molecular complexity index is 1310. The monoisotopic (exact) mass is 477 g/mol. The summed E-state index contributed by atoms with van der Waals surface area (Å²) in [6, 6.07) is 6.73. The molecule has 5 rings (SSSR count). The van der Waals surface area contributed by atoms with Crippen molar-refractivity contribution in [2.75, 3.05) is 20.2 Å². The van der Waals surface area contributed by atoms with Crippen LogP contribution in [-0.2, 0) is 37.2 Å². The molecule has 0 saturated heterocycles. The predicted molar refractivity (Wildman–Crippen MR) is 125 cm³/mol. The molecule has 4 heterocycles. The Labute approximate surface area is 201 Å². The number of ether oxygens (including phenoxy) is 2. The van der Waals surface area contributed by atoms with Crippen LogP contribution >= 0.6 is 0 Å². The summed E-state index contributed by atoms with van der Waals surface area (Å²) in [5, 5.41) is 7.33. The number of aromatic nitrogens is 4. The number of hydrogen-bond donors (Lipinski definition) is 1. The van der Waals surface area contributed by atoms with Crippen LogP contribution < -0.4 is 10.3 Å². The molecule has 0 saturated carbocycles. The summed E-state index contributed by atoms with van der Waals surface area (Å²) in [5.74, 6) is -0.595. The molecule has 2 aliphatic rings. The molecule has 182 valence electrons. The summed E-state index contributed by atoms with van der Waals surface area (Å²) in [6.07, 6.45) is 5.82. The third-order valence-corrected chi connectivity index (χ3v) is 6.63. The zero-order chi connectivity index (χ0) is 24.4. The third-order valence-electron chi connectivity index (χ3n) is 6.63. The van der Waals surface area contributed by atoms with E-state index in [1.165, 1.54) is 17.7 Å². The molecule has 0 aromatic carbocycles. The molecule has 10 nitrogen and oxygen atoms in total. The van der Waals surface area contributed by atoms with E-state index >= 15 is 0 Å². The van der Waals surface area contributed by atoms with Gasteiger partial charge in [0.1, 0.15) is 17.9 Å². The van der Waals surface area contributed by atoms with Crippen LogP contribution in [0, 0.1) is 0 Å². The molecule has 0 spiro atoms. The van der Waals surface area contributed by atoms with Crippen LogP contribution in [0.25, 0.3) is 0 Å². The molecular weight excluding hydrogens is 450 g/mol. The highest BCUT2D eigenvalue weighted by Crippen LogP contribution is 2.26. The number of aromatic amines is 1. The number of carbonyl (C=O) groups excluding carboxylic acids is 2. The van der Waals surface area contributed by atoms with Crippen molar-refractivity contribution in [3.63, 3.8) is 0 Å². The van der Waals surface area contributed by atoms with Crippen LogP contribution in [0.1, 0.15) is 56.3 Å². The van der Waals surface area contributed by atoms with Crippen molar-refractivity contribution in [3.8, 4) is 5.75 Å². The van der Waals surface area contributed by atoms with Crippen molar-refractivity contribution in [2.24, 2.45) is 0 Å². The van der Waals surface area contributed by atoms with Crippen LogP contribution in [0.2, 0.25) is 0 Å². The summed E-state index contributed by atoms with van der Waals surface area (Å²) in [7, 11) is 1.29. The number of nitrogens with zero attached hydrogens (tertiary/aromatic N) is 4. The van der Waals surface area contributed by atoms with Gasteiger partial charge < -0.3 is 18.9 Å². The van der Waals surface area contributed by atoms with Crippen LogP contribution in [-0.4, -0.2) is 56.7 Å². The van der Waals surface area contributed by atoms with Gasteiger partial charge in [0, 0.05) is 55.3 Å². The predicted octanol–water partition coefficient (Wildman–Crippen LogP) is 1.91. The number of nitrogens with one attached hydrogen (secondary N) is 1. The maximum absolute atomic E-state index is 13.4. The summed E-state index contributed by atoms with van der Waals surface area (Å²) in [6.45, 7) is 1.04. The molecule has 1 N–H and O–H groups in total. The molecule has 0 fully saturated rings. The molecule has 0 unspecified atom stereocenters. The van der Waals surface area contributed by atoms with Gasteiger partial charge in [0.25, 0.3) is 11.5 Å². The molecular formula is C25H27N5O5. The Balaban J connectivity index is 1.43. The molecule has 0 bridgehead atoms. The van der Waals surface area contributed by atoms with Crippen molar-refractivity contribution in [2.45, 2.75) is 45.3 Å². The first-order valence-corrected chi connectivity index (χ1v) is 11.8. The van der Waals surface area contributed by atoms with Crippen LogP contribution in [0.3, 0.4) is 0 Å². The van der Waals surface area contributed by atoms with E-state index in [4.69, 9.17) is 9.47 Å². The number of fused-ring (bicyclic) bond motifs is 2. The zero-order valence-corrected chi connectivity index (χ0v) is 19.6. The van der Waals surface area contributed by atoms with Gasteiger partial charge >= 0.3 is 5.97 Å². The number of pyridine rings is 2. The Hall–Kier alpha value is -3.95. The van der Waals surface area contributed by atoms with E-state index in [0.29, 0.717) is 36.6 Å². The van der Waals surface area contributed by atoms with Crippen molar-refractivity contribution >= 4 is 11.9 Å². The fourth-order valence-corrected chi connectivity index (χ4v) is 4.83. The molecule has 1 aliphatic carbocycles. The average Bonchev–Trinajstić information content (AvgIpc) is 3.19. The maximum Gasteiger partial charge on any atom is 0.343 e. The largest absolute Gasteiger partial charge is 0.486 e. The topological polar surface area (TPSA) is 119 Å². The average molecular weight is 478 g/mol. The lowest BCUT2D eigenvalue weighted by Gasteiger charge is -2.20. The summed E-state index contributed by atoms with van der Waals surface area (Å²) < 4.78 is 12.4. The van der Waals surface area contributed by atoms with E-state index in [-0.39, 0.29) is 35.9 Å². The van der Waals surface area contributed by atoms with Crippen LogP contribution in [0.5, 0.6) is 5.75 Å². The van der Waals surface area contributed by atoms with Gasteiger partial charge in [-0.05, 0) is 37.8 Å². The lowest BCUT2D eigenvalue weighted by atomic mass is 9.95. The normalized spacial score (nSPS) is 15.1. The smallest absolute Gasteiger partial charge is 0.343 e. The van der Waals surface area contributed by atoms with Gasteiger partial charge in [0.05, 0.1) is 12.8 Å². The molecule has 3 aromatic rings. The second-order valence-corrected chi connectivity index (χ2v) is 8.70. The van der Waals surface area contributed by atoms with Gasteiger partial charge in [-0.25, -0.2) is 4.79 Å². The Morgan fingerprint density at radius 3 is 2.77 bits per heavy atom. The van der Waals surface area contributed by atoms with Gasteiger partial charge in [-0.15, -0.1) is 0 Å². The van der Waals surface area contributed by atoms with E-state index in [1.807, 2.05) is 6.07 Å². The van der Waals surface area contributed by atoms with E-state index in [9.17, 15) is 14.4 Å². The van der Waals surface area contributed by atoms with E-state index in [1.54, 1.807) is 23.2 Å². The van der Waals surface area contributed by atoms with Gasteiger partial charge in [-0.3, -0.25) is 19.7 Å². The fraction of sp³-hybridized carbons (Fsp3) is 0.400. The third kappa shape index (κ3) is 4.43. The van der Waals surface area contributed by atoms with Crippen molar-refractivity contribution in [1.29, 1.82) is 0 Å². The second kappa shape index (κ2) is 9.73. The first-order valence-electron chi connectivity index (χ1n) is 11.8. The molecule has 35 heavy (non-hydrogen) atoms. The highest BCUT2D eigenvalue weighted by atomic mass is 16.5. The number of carbonyl (C=O) groups is 2. The van der Waals surface area contributed by atoms with Crippen LogP contribution in [0.15, 0.2) is 35.3 Å². The number of amides is 1. The van der Waals surface area contributed by atoms with Gasteiger partial charge in [0.2, 0.25) is 0 Å².